The summed E-state index contributed by atoms with van der Waals surface area (Å²) in [5.74, 6) is 0. The summed E-state index contributed by atoms with van der Waals surface area (Å²) < 4.78 is 0. The molecule has 0 amide bonds. The Kier molecular flexibility index (Phi) is 2.49. The van der Waals surface area contributed by atoms with Gasteiger partial charge in [-0.15, -0.1) is 0 Å². The molecule has 3 rings (SSSR count). The molecular formula is C16H17N. The number of nitrogens with one attached hydrogen (secondary N) is 1. The summed E-state index contributed by atoms with van der Waals surface area (Å²) in [6.07, 6.45) is 0. The SMILES string of the molecule is Cc1ccc(C2NCc3ccccc32)cc1C. The minimum atomic E-state index is 0.366. The Balaban J connectivity index is 2.04. The van der Waals surface area contributed by atoms with Crippen LogP contribution in [0.2, 0.25) is 0 Å². The van der Waals surface area contributed by atoms with E-state index < -0.39 is 0 Å². The number of aryl methyl sites for hydroxylation is 2. The van der Waals surface area contributed by atoms with Gasteiger partial charge in [-0.25, -0.2) is 0 Å². The molecule has 1 heteroatoms. The van der Waals surface area contributed by atoms with Gasteiger partial charge in [-0.1, -0.05) is 42.5 Å². The molecule has 17 heavy (non-hydrogen) atoms. The first-order chi connectivity index (χ1) is 8.25. The van der Waals surface area contributed by atoms with E-state index in [9.17, 15) is 0 Å². The van der Waals surface area contributed by atoms with Crippen molar-refractivity contribution in [1.29, 1.82) is 0 Å². The van der Waals surface area contributed by atoms with Gasteiger partial charge < -0.3 is 5.32 Å². The highest BCUT2D eigenvalue weighted by Crippen LogP contribution is 2.31. The average Bonchev–Trinajstić information content (AvgIpc) is 2.76. The van der Waals surface area contributed by atoms with E-state index in [1.165, 1.54) is 27.8 Å². The first kappa shape index (κ1) is 10.5. The number of rotatable bonds is 1. The highest BCUT2D eigenvalue weighted by Gasteiger charge is 2.22. The maximum absolute atomic E-state index is 3.59. The summed E-state index contributed by atoms with van der Waals surface area (Å²) >= 11 is 0. The molecule has 1 aliphatic rings. The number of fused-ring (bicyclic) bond motifs is 1. The van der Waals surface area contributed by atoms with Gasteiger partial charge in [0, 0.05) is 6.54 Å². The van der Waals surface area contributed by atoms with Gasteiger partial charge in [-0.2, -0.15) is 0 Å². The van der Waals surface area contributed by atoms with Gasteiger partial charge in [0.2, 0.25) is 0 Å². The van der Waals surface area contributed by atoms with Gasteiger partial charge in [0.15, 0.2) is 0 Å². The van der Waals surface area contributed by atoms with E-state index in [2.05, 4.69) is 61.6 Å². The summed E-state index contributed by atoms with van der Waals surface area (Å²) in [4.78, 5) is 0. The molecule has 1 nitrogen and oxygen atoms in total. The Morgan fingerprint density at radius 2 is 1.82 bits per heavy atom. The van der Waals surface area contributed by atoms with Crippen LogP contribution in [0.1, 0.15) is 33.9 Å². The van der Waals surface area contributed by atoms with Crippen LogP contribution in [0.5, 0.6) is 0 Å². The minimum absolute atomic E-state index is 0.366. The molecular weight excluding hydrogens is 206 g/mol. The fraction of sp³-hybridized carbons (Fsp3) is 0.250. The maximum atomic E-state index is 3.59. The Bertz CT molecular complexity index is 557. The summed E-state index contributed by atoms with van der Waals surface area (Å²) in [6, 6.07) is 15.8. The van der Waals surface area contributed by atoms with Crippen molar-refractivity contribution in [2.75, 3.05) is 0 Å². The zero-order valence-electron chi connectivity index (χ0n) is 10.3. The van der Waals surface area contributed by atoms with E-state index in [-0.39, 0.29) is 0 Å². The van der Waals surface area contributed by atoms with Gasteiger partial charge in [0.1, 0.15) is 0 Å². The molecule has 0 spiro atoms. The Hall–Kier alpha value is -1.60. The first-order valence-corrected chi connectivity index (χ1v) is 6.14. The van der Waals surface area contributed by atoms with E-state index in [0.29, 0.717) is 6.04 Å². The standard InChI is InChI=1S/C16H17N/c1-11-7-8-13(9-12(11)2)16-15-6-4-3-5-14(15)10-17-16/h3-9,16-17H,10H2,1-2H3. The third-order valence-corrected chi connectivity index (χ3v) is 3.73. The van der Waals surface area contributed by atoms with Crippen molar-refractivity contribution >= 4 is 0 Å². The van der Waals surface area contributed by atoms with Crippen LogP contribution in [-0.2, 0) is 6.54 Å². The van der Waals surface area contributed by atoms with E-state index in [1.807, 2.05) is 0 Å². The average molecular weight is 223 g/mol. The molecule has 86 valence electrons. The van der Waals surface area contributed by atoms with Crippen molar-refractivity contribution in [3.63, 3.8) is 0 Å². The summed E-state index contributed by atoms with van der Waals surface area (Å²) in [7, 11) is 0. The largest absolute Gasteiger partial charge is 0.302 e. The highest BCUT2D eigenvalue weighted by atomic mass is 14.9. The molecule has 1 unspecified atom stereocenters. The Morgan fingerprint density at radius 1 is 1.00 bits per heavy atom. The number of hydrogen-bond acceptors (Lipinski definition) is 1. The molecule has 2 aromatic carbocycles. The zero-order chi connectivity index (χ0) is 11.8. The van der Waals surface area contributed by atoms with Gasteiger partial charge in [0.25, 0.3) is 0 Å². The molecule has 1 heterocycles. The van der Waals surface area contributed by atoms with Crippen LogP contribution in [0.4, 0.5) is 0 Å². The minimum Gasteiger partial charge on any atom is -0.302 e. The van der Waals surface area contributed by atoms with Crippen LogP contribution in [0.15, 0.2) is 42.5 Å². The second-order valence-corrected chi connectivity index (χ2v) is 4.86. The summed E-state index contributed by atoms with van der Waals surface area (Å²) in [6.45, 7) is 5.32. The zero-order valence-corrected chi connectivity index (χ0v) is 10.3. The van der Waals surface area contributed by atoms with Crippen molar-refractivity contribution in [3.05, 3.63) is 70.3 Å². The van der Waals surface area contributed by atoms with Gasteiger partial charge in [-0.3, -0.25) is 0 Å². The molecule has 0 fully saturated rings. The predicted molar refractivity (Wildman–Crippen MR) is 71.0 cm³/mol. The molecule has 1 N–H and O–H groups in total. The van der Waals surface area contributed by atoms with Crippen LogP contribution in [-0.4, -0.2) is 0 Å². The molecule has 0 radical (unpaired) electrons. The lowest BCUT2D eigenvalue weighted by atomic mass is 9.96. The molecule has 1 atom stereocenters. The molecule has 0 aliphatic carbocycles. The predicted octanol–water partition coefficient (Wildman–Crippen LogP) is 3.50. The lowest BCUT2D eigenvalue weighted by molar-refractivity contribution is 0.666. The van der Waals surface area contributed by atoms with Gasteiger partial charge in [0.05, 0.1) is 6.04 Å². The van der Waals surface area contributed by atoms with Crippen molar-refractivity contribution in [1.82, 2.24) is 5.32 Å². The highest BCUT2D eigenvalue weighted by molar-refractivity contribution is 5.43. The summed E-state index contributed by atoms with van der Waals surface area (Å²) in [5, 5.41) is 3.59. The van der Waals surface area contributed by atoms with E-state index in [4.69, 9.17) is 0 Å². The third-order valence-electron chi connectivity index (χ3n) is 3.73. The molecule has 1 aliphatic heterocycles. The molecule has 2 aromatic rings. The second kappa shape index (κ2) is 4.01. The van der Waals surface area contributed by atoms with E-state index in [1.54, 1.807) is 0 Å². The quantitative estimate of drug-likeness (QED) is 0.780. The fourth-order valence-electron chi connectivity index (χ4n) is 2.54. The van der Waals surface area contributed by atoms with Crippen LogP contribution in [0, 0.1) is 13.8 Å². The monoisotopic (exact) mass is 223 g/mol. The number of benzene rings is 2. The maximum Gasteiger partial charge on any atom is 0.0582 e. The van der Waals surface area contributed by atoms with E-state index >= 15 is 0 Å². The lowest BCUT2D eigenvalue weighted by Crippen LogP contribution is -2.13. The molecule has 0 bridgehead atoms. The molecule has 0 saturated carbocycles. The Morgan fingerprint density at radius 3 is 2.65 bits per heavy atom. The van der Waals surface area contributed by atoms with Gasteiger partial charge in [-0.05, 0) is 41.7 Å². The molecule has 0 aromatic heterocycles. The smallest absolute Gasteiger partial charge is 0.0582 e. The number of hydrogen-bond donors (Lipinski definition) is 1. The Labute approximate surface area is 102 Å². The second-order valence-electron chi connectivity index (χ2n) is 4.86. The van der Waals surface area contributed by atoms with Crippen molar-refractivity contribution in [2.45, 2.75) is 26.4 Å². The normalized spacial score (nSPS) is 18.1. The van der Waals surface area contributed by atoms with Crippen molar-refractivity contribution < 1.29 is 0 Å². The fourth-order valence-corrected chi connectivity index (χ4v) is 2.54. The van der Waals surface area contributed by atoms with Gasteiger partial charge >= 0.3 is 0 Å². The van der Waals surface area contributed by atoms with Crippen molar-refractivity contribution in [3.8, 4) is 0 Å². The van der Waals surface area contributed by atoms with Crippen LogP contribution >= 0.6 is 0 Å². The first-order valence-electron chi connectivity index (χ1n) is 6.14. The van der Waals surface area contributed by atoms with Crippen LogP contribution in [0.25, 0.3) is 0 Å². The lowest BCUT2D eigenvalue weighted by Gasteiger charge is -2.14. The topological polar surface area (TPSA) is 12.0 Å². The van der Waals surface area contributed by atoms with Crippen LogP contribution < -0.4 is 5.32 Å². The van der Waals surface area contributed by atoms with Crippen LogP contribution in [0.3, 0.4) is 0 Å². The van der Waals surface area contributed by atoms with Crippen molar-refractivity contribution in [2.24, 2.45) is 0 Å². The summed E-state index contributed by atoms with van der Waals surface area (Å²) in [5.41, 5.74) is 6.96. The third kappa shape index (κ3) is 1.77. The molecule has 0 saturated heterocycles. The van der Waals surface area contributed by atoms with E-state index in [0.717, 1.165) is 6.54 Å².